The summed E-state index contributed by atoms with van der Waals surface area (Å²) in [5.41, 5.74) is 15.9. The van der Waals surface area contributed by atoms with Gasteiger partial charge >= 0.3 is 0 Å². The lowest BCUT2D eigenvalue weighted by Gasteiger charge is -2.18. The zero-order valence-electron chi connectivity index (χ0n) is 36.0. The van der Waals surface area contributed by atoms with Gasteiger partial charge < -0.3 is 0 Å². The van der Waals surface area contributed by atoms with Gasteiger partial charge in [0.2, 0.25) is 0 Å². The van der Waals surface area contributed by atoms with E-state index in [0.717, 1.165) is 78.1 Å². The van der Waals surface area contributed by atoms with Crippen LogP contribution in [0.2, 0.25) is 0 Å². The van der Waals surface area contributed by atoms with Crippen LogP contribution in [0, 0.1) is 27.7 Å². The van der Waals surface area contributed by atoms with Crippen molar-refractivity contribution >= 4 is 0 Å². The molecule has 3 aromatic heterocycles. The van der Waals surface area contributed by atoms with E-state index in [9.17, 15) is 0 Å². The standard InChI is InChI=1S/C57H43N7/c1-36-22-27-42(28-23-36)54-60-55(43-29-24-37(2)25-30-43)64-57(63-54)50-21-12-11-20-48(50)51-35-45(31-33-49(51)47-32-26-38(3)58-39(47)4)44-18-13-19-46(34-44)56-61-52(40-14-7-5-8-15-40)59-53(62-56)41-16-9-6-10-17-41/h5-35H,1-4H3. The molecule has 0 atom stereocenters. The Morgan fingerprint density at radius 3 is 1.17 bits per heavy atom. The molecule has 0 saturated carbocycles. The maximum atomic E-state index is 5.19. The lowest BCUT2D eigenvalue weighted by Crippen LogP contribution is -2.02. The molecule has 0 aliphatic rings. The minimum absolute atomic E-state index is 0.590. The molecular formula is C57H43N7. The lowest BCUT2D eigenvalue weighted by atomic mass is 9.88. The van der Waals surface area contributed by atoms with Gasteiger partial charge in [0, 0.05) is 50.3 Å². The Bertz CT molecular complexity index is 3170. The van der Waals surface area contributed by atoms with Crippen LogP contribution in [-0.2, 0) is 0 Å². The van der Waals surface area contributed by atoms with Crippen molar-refractivity contribution in [2.24, 2.45) is 0 Å². The first-order valence-electron chi connectivity index (χ1n) is 21.4. The van der Waals surface area contributed by atoms with Crippen LogP contribution in [0.15, 0.2) is 188 Å². The summed E-state index contributed by atoms with van der Waals surface area (Å²) in [5, 5.41) is 0. The maximum absolute atomic E-state index is 5.19. The van der Waals surface area contributed by atoms with Crippen LogP contribution < -0.4 is 0 Å². The van der Waals surface area contributed by atoms with E-state index >= 15 is 0 Å². The predicted molar refractivity (Wildman–Crippen MR) is 259 cm³/mol. The highest BCUT2D eigenvalue weighted by atomic mass is 15.0. The largest absolute Gasteiger partial charge is 0.258 e. The Morgan fingerprint density at radius 1 is 0.234 bits per heavy atom. The number of hydrogen-bond donors (Lipinski definition) is 0. The number of benzene rings is 7. The first-order chi connectivity index (χ1) is 31.3. The molecule has 0 fully saturated rings. The fourth-order valence-corrected chi connectivity index (χ4v) is 8.00. The molecular weight excluding hydrogens is 783 g/mol. The van der Waals surface area contributed by atoms with Crippen LogP contribution in [0.25, 0.3) is 102 Å². The summed E-state index contributed by atoms with van der Waals surface area (Å²) in [7, 11) is 0. The number of hydrogen-bond acceptors (Lipinski definition) is 7. The van der Waals surface area contributed by atoms with Gasteiger partial charge in [-0.25, -0.2) is 29.9 Å². The van der Waals surface area contributed by atoms with Crippen molar-refractivity contribution in [2.75, 3.05) is 0 Å². The van der Waals surface area contributed by atoms with Crippen molar-refractivity contribution in [3.8, 4) is 102 Å². The van der Waals surface area contributed by atoms with Gasteiger partial charge in [-0.1, -0.05) is 181 Å². The van der Waals surface area contributed by atoms with Gasteiger partial charge in [0.15, 0.2) is 34.9 Å². The predicted octanol–water partition coefficient (Wildman–Crippen LogP) is 13.7. The molecule has 64 heavy (non-hydrogen) atoms. The molecule has 0 bridgehead atoms. The van der Waals surface area contributed by atoms with Gasteiger partial charge in [0.05, 0.1) is 0 Å². The molecule has 0 N–H and O–H groups in total. The first kappa shape index (κ1) is 39.8. The van der Waals surface area contributed by atoms with E-state index in [4.69, 9.17) is 34.9 Å². The number of nitrogens with zero attached hydrogens (tertiary/aromatic N) is 7. The first-order valence-corrected chi connectivity index (χ1v) is 21.4. The Morgan fingerprint density at radius 2 is 0.625 bits per heavy atom. The molecule has 0 saturated heterocycles. The fourth-order valence-electron chi connectivity index (χ4n) is 8.00. The monoisotopic (exact) mass is 825 g/mol. The zero-order chi connectivity index (χ0) is 43.6. The number of aromatic nitrogens is 7. The van der Waals surface area contributed by atoms with Crippen molar-refractivity contribution in [2.45, 2.75) is 27.7 Å². The van der Waals surface area contributed by atoms with Gasteiger partial charge in [-0.05, 0) is 73.7 Å². The van der Waals surface area contributed by atoms with Gasteiger partial charge in [-0.3, -0.25) is 4.98 Å². The molecule has 10 aromatic rings. The average molecular weight is 826 g/mol. The van der Waals surface area contributed by atoms with E-state index in [-0.39, 0.29) is 0 Å². The molecule has 0 spiro atoms. The van der Waals surface area contributed by atoms with E-state index in [1.165, 1.54) is 11.1 Å². The summed E-state index contributed by atoms with van der Waals surface area (Å²) < 4.78 is 0. The van der Waals surface area contributed by atoms with Gasteiger partial charge in [-0.2, -0.15) is 0 Å². The van der Waals surface area contributed by atoms with Crippen LogP contribution in [0.3, 0.4) is 0 Å². The van der Waals surface area contributed by atoms with E-state index in [1.54, 1.807) is 0 Å². The second-order valence-corrected chi connectivity index (χ2v) is 16.0. The Labute approximate surface area is 373 Å². The third-order valence-electron chi connectivity index (χ3n) is 11.4. The quantitative estimate of drug-likeness (QED) is 0.143. The number of rotatable bonds is 9. The molecule has 0 radical (unpaired) electrons. The normalized spacial score (nSPS) is 11.1. The van der Waals surface area contributed by atoms with E-state index in [2.05, 4.69) is 142 Å². The van der Waals surface area contributed by atoms with Crippen molar-refractivity contribution in [1.29, 1.82) is 0 Å². The molecule has 0 unspecified atom stereocenters. The summed E-state index contributed by atoms with van der Waals surface area (Å²) in [5.74, 6) is 3.66. The highest BCUT2D eigenvalue weighted by Crippen LogP contribution is 2.41. The van der Waals surface area contributed by atoms with Crippen molar-refractivity contribution in [3.05, 3.63) is 211 Å². The maximum Gasteiger partial charge on any atom is 0.164 e. The minimum atomic E-state index is 0.590. The smallest absolute Gasteiger partial charge is 0.164 e. The Hall–Kier alpha value is -8.29. The van der Waals surface area contributed by atoms with Gasteiger partial charge in [0.25, 0.3) is 0 Å². The highest BCUT2D eigenvalue weighted by molar-refractivity contribution is 5.93. The lowest BCUT2D eigenvalue weighted by molar-refractivity contribution is 1.07. The minimum Gasteiger partial charge on any atom is -0.258 e. The molecule has 10 rings (SSSR count). The van der Waals surface area contributed by atoms with Gasteiger partial charge in [0.1, 0.15) is 0 Å². The SMILES string of the molecule is Cc1ccc(-c2nc(-c3ccc(C)cc3)nc(-c3ccccc3-c3cc(-c4cccc(-c5nc(-c6ccccc6)nc(-c6ccccc6)n5)c4)ccc3-c3ccc(C)nc3C)n2)cc1. The number of pyridine rings is 1. The summed E-state index contributed by atoms with van der Waals surface area (Å²) in [4.78, 5) is 35.3. The molecule has 7 nitrogen and oxygen atoms in total. The van der Waals surface area contributed by atoms with Crippen LogP contribution in [0.5, 0.6) is 0 Å². The second-order valence-electron chi connectivity index (χ2n) is 16.0. The van der Waals surface area contributed by atoms with E-state index in [1.807, 2.05) is 73.7 Å². The highest BCUT2D eigenvalue weighted by Gasteiger charge is 2.20. The summed E-state index contributed by atoms with van der Waals surface area (Å²) in [6.07, 6.45) is 0. The summed E-state index contributed by atoms with van der Waals surface area (Å²) in [6, 6.07) is 64.5. The van der Waals surface area contributed by atoms with Crippen LogP contribution in [0.1, 0.15) is 22.5 Å². The van der Waals surface area contributed by atoms with Crippen molar-refractivity contribution < 1.29 is 0 Å². The molecule has 306 valence electrons. The zero-order valence-corrected chi connectivity index (χ0v) is 36.0. The third-order valence-corrected chi connectivity index (χ3v) is 11.4. The molecule has 0 aliphatic heterocycles. The number of aryl methyl sites for hydroxylation is 4. The molecule has 0 amide bonds. The van der Waals surface area contributed by atoms with Crippen LogP contribution in [0.4, 0.5) is 0 Å². The van der Waals surface area contributed by atoms with Crippen molar-refractivity contribution in [3.63, 3.8) is 0 Å². The fraction of sp³-hybridized carbons (Fsp3) is 0.0702. The Kier molecular flexibility index (Phi) is 10.7. The van der Waals surface area contributed by atoms with Gasteiger partial charge in [-0.15, -0.1) is 0 Å². The third kappa shape index (κ3) is 8.22. The molecule has 0 aliphatic carbocycles. The summed E-state index contributed by atoms with van der Waals surface area (Å²) in [6.45, 7) is 8.27. The van der Waals surface area contributed by atoms with E-state index < -0.39 is 0 Å². The van der Waals surface area contributed by atoms with Crippen LogP contribution in [-0.4, -0.2) is 34.9 Å². The van der Waals surface area contributed by atoms with E-state index in [0.29, 0.717) is 34.9 Å². The van der Waals surface area contributed by atoms with Crippen molar-refractivity contribution in [1.82, 2.24) is 34.9 Å². The second kappa shape index (κ2) is 17.2. The molecule has 7 heteroatoms. The topological polar surface area (TPSA) is 90.2 Å². The average Bonchev–Trinajstić information content (AvgIpc) is 3.34. The summed E-state index contributed by atoms with van der Waals surface area (Å²) >= 11 is 0. The Balaban J connectivity index is 1.14. The molecule has 3 heterocycles. The molecule has 7 aromatic carbocycles. The van der Waals surface area contributed by atoms with Crippen LogP contribution >= 0.6 is 0 Å².